The summed E-state index contributed by atoms with van der Waals surface area (Å²) in [5.41, 5.74) is 5.15. The van der Waals surface area contributed by atoms with Crippen molar-refractivity contribution < 1.29 is 14.6 Å². The molecule has 1 fully saturated rings. The number of hydrogen-bond donors (Lipinski definition) is 2. The van der Waals surface area contributed by atoms with Gasteiger partial charge in [-0.3, -0.25) is 4.79 Å². The summed E-state index contributed by atoms with van der Waals surface area (Å²) in [5, 5.41) is 8.98. The van der Waals surface area contributed by atoms with Crippen molar-refractivity contribution in [3.8, 4) is 0 Å². The Hall–Kier alpha value is -1.59. The number of Topliss-reactive ketones (excluding diaryl/α,β-unsaturated/α-hetero) is 1. The second kappa shape index (κ2) is 7.32. The van der Waals surface area contributed by atoms with Crippen molar-refractivity contribution in [2.45, 2.75) is 39.0 Å². The van der Waals surface area contributed by atoms with Crippen LogP contribution in [0.15, 0.2) is 11.8 Å². The van der Waals surface area contributed by atoms with Crippen LogP contribution >= 0.6 is 0 Å². The number of rotatable bonds is 5. The van der Waals surface area contributed by atoms with Crippen LogP contribution in [0.3, 0.4) is 0 Å². The normalized spacial score (nSPS) is 20.2. The minimum Gasteiger partial charge on any atom is -0.396 e. The summed E-state index contributed by atoms with van der Waals surface area (Å²) in [6.07, 6.45) is 6.31. The van der Waals surface area contributed by atoms with Gasteiger partial charge in [-0.2, -0.15) is 0 Å². The van der Waals surface area contributed by atoms with Gasteiger partial charge in [-0.1, -0.05) is 0 Å². The zero-order valence-electron chi connectivity index (χ0n) is 13.9. The molecule has 0 unspecified atom stereocenters. The van der Waals surface area contributed by atoms with E-state index in [1.807, 2.05) is 13.1 Å². The van der Waals surface area contributed by atoms with Crippen LogP contribution in [-0.2, 0) is 17.6 Å². The summed E-state index contributed by atoms with van der Waals surface area (Å²) in [6, 6.07) is 0. The Kier molecular flexibility index (Phi) is 5.18. The summed E-state index contributed by atoms with van der Waals surface area (Å²) in [4.78, 5) is 18.6. The van der Waals surface area contributed by atoms with Gasteiger partial charge in [0.1, 0.15) is 0 Å². The number of ether oxygens (including phenoxy) is 1. The summed E-state index contributed by atoms with van der Waals surface area (Å²) in [6.45, 7) is 5.45. The number of morpholine rings is 1. The molecule has 1 aromatic rings. The van der Waals surface area contributed by atoms with Gasteiger partial charge in [-0.15, -0.1) is 0 Å². The monoisotopic (exact) mass is 318 g/mol. The van der Waals surface area contributed by atoms with Gasteiger partial charge in [-0.25, -0.2) is 0 Å². The first kappa shape index (κ1) is 16.3. The average Bonchev–Trinajstić information content (AvgIpc) is 2.88. The molecule has 2 heterocycles. The topological polar surface area (TPSA) is 65.6 Å². The Balaban J connectivity index is 1.81. The number of nitrogens with zero attached hydrogens (tertiary/aromatic N) is 1. The highest BCUT2D eigenvalue weighted by molar-refractivity contribution is 6.11. The van der Waals surface area contributed by atoms with Crippen LogP contribution in [-0.4, -0.2) is 53.7 Å². The molecule has 5 nitrogen and oxygen atoms in total. The minimum atomic E-state index is 0.182. The van der Waals surface area contributed by atoms with E-state index in [1.54, 1.807) is 0 Å². The number of aromatic nitrogens is 1. The lowest BCUT2D eigenvalue weighted by atomic mass is 9.88. The Morgan fingerprint density at radius 2 is 2.04 bits per heavy atom. The van der Waals surface area contributed by atoms with E-state index in [2.05, 4.69) is 9.88 Å². The molecule has 1 aliphatic heterocycles. The van der Waals surface area contributed by atoms with Crippen molar-refractivity contribution >= 4 is 5.78 Å². The molecule has 0 amide bonds. The lowest BCUT2D eigenvalue weighted by Crippen LogP contribution is -2.33. The van der Waals surface area contributed by atoms with Crippen LogP contribution in [0.5, 0.6) is 0 Å². The number of allylic oxidation sites excluding steroid dienone is 1. The maximum atomic E-state index is 13.0. The minimum absolute atomic E-state index is 0.182. The highest BCUT2D eigenvalue weighted by Gasteiger charge is 2.28. The Labute approximate surface area is 137 Å². The predicted octanol–water partition coefficient (Wildman–Crippen LogP) is 1.98. The van der Waals surface area contributed by atoms with Gasteiger partial charge in [0.25, 0.3) is 0 Å². The third-order valence-corrected chi connectivity index (χ3v) is 4.78. The lowest BCUT2D eigenvalue weighted by molar-refractivity contribution is 0.0586. The number of aliphatic hydroxyl groups is 1. The first-order valence-corrected chi connectivity index (χ1v) is 8.59. The fraction of sp³-hybridized carbons (Fsp3) is 0.611. The van der Waals surface area contributed by atoms with E-state index in [0.29, 0.717) is 0 Å². The van der Waals surface area contributed by atoms with Crippen molar-refractivity contribution in [3.63, 3.8) is 0 Å². The van der Waals surface area contributed by atoms with Crippen molar-refractivity contribution in [1.29, 1.82) is 0 Å². The molecule has 1 aromatic heterocycles. The van der Waals surface area contributed by atoms with Crippen LogP contribution in [0.4, 0.5) is 0 Å². The molecule has 0 radical (unpaired) electrons. The predicted molar refractivity (Wildman–Crippen MR) is 88.7 cm³/mol. The highest BCUT2D eigenvalue weighted by atomic mass is 16.5. The number of aromatic amines is 1. The summed E-state index contributed by atoms with van der Waals surface area (Å²) in [7, 11) is 0. The third kappa shape index (κ3) is 3.51. The maximum absolute atomic E-state index is 13.0. The number of carbonyl (C=O) groups is 1. The second-order valence-corrected chi connectivity index (χ2v) is 6.39. The molecule has 0 saturated carbocycles. The van der Waals surface area contributed by atoms with E-state index in [4.69, 9.17) is 9.84 Å². The highest BCUT2D eigenvalue weighted by Crippen LogP contribution is 2.31. The van der Waals surface area contributed by atoms with E-state index < -0.39 is 0 Å². The van der Waals surface area contributed by atoms with Crippen LogP contribution < -0.4 is 0 Å². The number of nitrogens with one attached hydrogen (secondary N) is 1. The average molecular weight is 318 g/mol. The number of aliphatic hydroxyl groups excluding tert-OH is 1. The molecule has 0 bridgehead atoms. The van der Waals surface area contributed by atoms with E-state index >= 15 is 0 Å². The standard InChI is InChI=1S/C18H26N2O3/c1-13-15(4-2-3-9-21)17-16(19-13)6-5-14(18(17)22)12-20-7-10-23-11-8-20/h12,19,21H,2-11H2,1H3/b14-12-. The van der Waals surface area contributed by atoms with Crippen molar-refractivity contribution in [3.05, 3.63) is 34.3 Å². The SMILES string of the molecule is Cc1[nH]c2c(c1CCCCO)C(=O)/C(=C\N1CCOCC1)CC2. The van der Waals surface area contributed by atoms with Crippen LogP contribution in [0.25, 0.3) is 0 Å². The molecule has 23 heavy (non-hydrogen) atoms. The molecule has 2 aliphatic rings. The first-order valence-electron chi connectivity index (χ1n) is 8.59. The molecule has 2 N–H and O–H groups in total. The van der Waals surface area contributed by atoms with Gasteiger partial charge in [0.15, 0.2) is 5.78 Å². The Morgan fingerprint density at radius 1 is 1.26 bits per heavy atom. The lowest BCUT2D eigenvalue weighted by Gasteiger charge is -2.27. The molecule has 0 spiro atoms. The number of fused-ring (bicyclic) bond motifs is 1. The largest absolute Gasteiger partial charge is 0.396 e. The van der Waals surface area contributed by atoms with Crippen molar-refractivity contribution in [1.82, 2.24) is 9.88 Å². The van der Waals surface area contributed by atoms with Crippen molar-refractivity contribution in [2.75, 3.05) is 32.9 Å². The molecule has 3 rings (SSSR count). The number of H-pyrrole nitrogens is 1. The number of hydrogen-bond acceptors (Lipinski definition) is 4. The Morgan fingerprint density at radius 3 is 2.78 bits per heavy atom. The number of carbonyl (C=O) groups excluding carboxylic acids is 1. The van der Waals surface area contributed by atoms with E-state index in [9.17, 15) is 4.79 Å². The summed E-state index contributed by atoms with van der Waals surface area (Å²) >= 11 is 0. The van der Waals surface area contributed by atoms with E-state index in [0.717, 1.165) is 86.5 Å². The molecule has 0 aromatic carbocycles. The molecule has 5 heteroatoms. The fourth-order valence-corrected chi connectivity index (χ4v) is 3.51. The van der Waals surface area contributed by atoms with Crippen molar-refractivity contribution in [2.24, 2.45) is 0 Å². The smallest absolute Gasteiger partial charge is 0.192 e. The quantitative estimate of drug-likeness (QED) is 0.644. The zero-order valence-corrected chi connectivity index (χ0v) is 13.9. The van der Waals surface area contributed by atoms with Crippen LogP contribution in [0.1, 0.15) is 46.6 Å². The molecular weight excluding hydrogens is 292 g/mol. The van der Waals surface area contributed by atoms with Gasteiger partial charge in [0, 0.05) is 48.4 Å². The number of unbranched alkanes of at least 4 members (excludes halogenated alkanes) is 1. The van der Waals surface area contributed by atoms with Crippen LogP contribution in [0.2, 0.25) is 0 Å². The van der Waals surface area contributed by atoms with Gasteiger partial charge in [-0.05, 0) is 44.6 Å². The van der Waals surface area contributed by atoms with E-state index in [-0.39, 0.29) is 12.4 Å². The second-order valence-electron chi connectivity index (χ2n) is 6.39. The molecule has 1 saturated heterocycles. The molecule has 126 valence electrons. The summed E-state index contributed by atoms with van der Waals surface area (Å²) < 4.78 is 5.37. The van der Waals surface area contributed by atoms with Gasteiger partial charge < -0.3 is 19.7 Å². The number of aryl methyl sites for hydroxylation is 2. The zero-order chi connectivity index (χ0) is 16.2. The summed E-state index contributed by atoms with van der Waals surface area (Å²) in [5.74, 6) is 0.182. The van der Waals surface area contributed by atoms with Gasteiger partial charge in [0.05, 0.1) is 13.2 Å². The van der Waals surface area contributed by atoms with Gasteiger partial charge in [0.2, 0.25) is 0 Å². The fourth-order valence-electron chi connectivity index (χ4n) is 3.51. The Bertz CT molecular complexity index is 598. The van der Waals surface area contributed by atoms with Crippen LogP contribution in [0, 0.1) is 6.92 Å². The number of ketones is 1. The van der Waals surface area contributed by atoms with E-state index in [1.165, 1.54) is 0 Å². The molecule has 1 aliphatic carbocycles. The molecule has 0 atom stereocenters. The van der Waals surface area contributed by atoms with Gasteiger partial charge >= 0.3 is 0 Å². The molecular formula is C18H26N2O3. The third-order valence-electron chi connectivity index (χ3n) is 4.78. The maximum Gasteiger partial charge on any atom is 0.192 e. The first-order chi connectivity index (χ1) is 11.2.